The second kappa shape index (κ2) is 8.67. The Hall–Kier alpha value is -1.88. The van der Waals surface area contributed by atoms with Crippen molar-refractivity contribution in [2.45, 2.75) is 46.1 Å². The lowest BCUT2D eigenvalue weighted by Crippen LogP contribution is -2.52. The van der Waals surface area contributed by atoms with Gasteiger partial charge < -0.3 is 16.4 Å². The van der Waals surface area contributed by atoms with Gasteiger partial charge in [-0.15, -0.1) is 0 Å². The van der Waals surface area contributed by atoms with Crippen LogP contribution < -0.4 is 16.4 Å². The van der Waals surface area contributed by atoms with Crippen LogP contribution in [0.2, 0.25) is 0 Å². The zero-order valence-electron chi connectivity index (χ0n) is 14.6. The third-order valence-corrected chi connectivity index (χ3v) is 3.65. The second-order valence-electron chi connectivity index (χ2n) is 6.65. The summed E-state index contributed by atoms with van der Waals surface area (Å²) < 4.78 is 0. The van der Waals surface area contributed by atoms with Gasteiger partial charge in [-0.2, -0.15) is 0 Å². The third kappa shape index (κ3) is 6.02. The number of nitrogens with two attached hydrogens (primary N) is 1. The monoisotopic (exact) mass is 319 g/mol. The van der Waals surface area contributed by atoms with Crippen molar-refractivity contribution in [1.82, 2.24) is 10.6 Å². The number of carbonyl (C=O) groups is 2. The fraction of sp³-hybridized carbons (Fsp3) is 0.556. The quantitative estimate of drug-likeness (QED) is 0.687. The highest BCUT2D eigenvalue weighted by Gasteiger charge is 2.26. The van der Waals surface area contributed by atoms with E-state index in [2.05, 4.69) is 24.5 Å². The highest BCUT2D eigenvalue weighted by Crippen LogP contribution is 2.16. The van der Waals surface area contributed by atoms with Crippen LogP contribution in [0.3, 0.4) is 0 Å². The molecule has 0 aliphatic carbocycles. The predicted octanol–water partition coefficient (Wildman–Crippen LogP) is 2.32. The van der Waals surface area contributed by atoms with Crippen molar-refractivity contribution < 1.29 is 9.59 Å². The van der Waals surface area contributed by atoms with Gasteiger partial charge in [0.25, 0.3) is 11.8 Å². The Morgan fingerprint density at radius 1 is 1.22 bits per heavy atom. The fourth-order valence-corrected chi connectivity index (χ4v) is 2.57. The first kappa shape index (κ1) is 19.2. The lowest BCUT2D eigenvalue weighted by atomic mass is 9.90. The largest absolute Gasteiger partial charge is 0.352 e. The number of carbonyl (C=O) groups excluding carboxylic acids is 2. The molecule has 1 rings (SSSR count). The van der Waals surface area contributed by atoms with E-state index in [1.807, 2.05) is 13.8 Å². The Morgan fingerprint density at radius 3 is 2.35 bits per heavy atom. The van der Waals surface area contributed by atoms with Gasteiger partial charge in [-0.25, -0.2) is 0 Å². The maximum absolute atomic E-state index is 12.5. The van der Waals surface area contributed by atoms with E-state index in [-0.39, 0.29) is 11.8 Å². The van der Waals surface area contributed by atoms with Crippen molar-refractivity contribution in [2.75, 3.05) is 13.1 Å². The van der Waals surface area contributed by atoms with Crippen molar-refractivity contribution in [3.63, 3.8) is 0 Å². The Morgan fingerprint density at radius 2 is 1.83 bits per heavy atom. The molecule has 2 amide bonds. The fourth-order valence-electron chi connectivity index (χ4n) is 2.57. The maximum atomic E-state index is 12.5. The summed E-state index contributed by atoms with van der Waals surface area (Å²) >= 11 is 0. The Balaban J connectivity index is 2.86. The van der Waals surface area contributed by atoms with Crippen LogP contribution in [-0.2, 0) is 0 Å². The van der Waals surface area contributed by atoms with Gasteiger partial charge in [0.05, 0.1) is 0 Å². The van der Waals surface area contributed by atoms with Crippen LogP contribution in [0.25, 0.3) is 0 Å². The first-order valence-corrected chi connectivity index (χ1v) is 8.22. The molecule has 128 valence electrons. The van der Waals surface area contributed by atoms with E-state index in [1.54, 1.807) is 24.3 Å². The molecular weight excluding hydrogens is 290 g/mol. The molecule has 1 unspecified atom stereocenters. The average molecular weight is 319 g/mol. The van der Waals surface area contributed by atoms with E-state index in [4.69, 9.17) is 5.73 Å². The van der Waals surface area contributed by atoms with E-state index in [0.717, 1.165) is 12.8 Å². The number of amides is 2. The van der Waals surface area contributed by atoms with E-state index in [0.29, 0.717) is 30.1 Å². The van der Waals surface area contributed by atoms with Gasteiger partial charge in [-0.1, -0.05) is 26.8 Å². The molecule has 0 radical (unpaired) electrons. The van der Waals surface area contributed by atoms with Crippen molar-refractivity contribution in [2.24, 2.45) is 11.7 Å². The molecule has 1 aromatic carbocycles. The van der Waals surface area contributed by atoms with Crippen LogP contribution in [0.5, 0.6) is 0 Å². The van der Waals surface area contributed by atoms with Crippen molar-refractivity contribution in [3.8, 4) is 0 Å². The maximum Gasteiger partial charge on any atom is 0.251 e. The topological polar surface area (TPSA) is 84.2 Å². The molecule has 0 aliphatic heterocycles. The highest BCUT2D eigenvalue weighted by atomic mass is 16.2. The molecule has 0 heterocycles. The van der Waals surface area contributed by atoms with Gasteiger partial charge in [-0.3, -0.25) is 9.59 Å². The minimum absolute atomic E-state index is 0.162. The minimum atomic E-state index is -0.453. The zero-order valence-corrected chi connectivity index (χ0v) is 14.6. The average Bonchev–Trinajstić information content (AvgIpc) is 2.51. The number of hydrogen-bond acceptors (Lipinski definition) is 3. The smallest absolute Gasteiger partial charge is 0.251 e. The van der Waals surface area contributed by atoms with Crippen molar-refractivity contribution in [1.29, 1.82) is 0 Å². The second-order valence-corrected chi connectivity index (χ2v) is 6.65. The lowest BCUT2D eigenvalue weighted by Gasteiger charge is -2.31. The van der Waals surface area contributed by atoms with Crippen LogP contribution in [0.1, 0.15) is 61.3 Å². The molecule has 0 fully saturated rings. The zero-order chi connectivity index (χ0) is 17.5. The molecule has 4 N–H and O–H groups in total. The van der Waals surface area contributed by atoms with Crippen LogP contribution in [0, 0.1) is 5.92 Å². The molecule has 0 aliphatic rings. The van der Waals surface area contributed by atoms with E-state index in [9.17, 15) is 9.59 Å². The van der Waals surface area contributed by atoms with Gasteiger partial charge >= 0.3 is 0 Å². The molecule has 0 saturated carbocycles. The summed E-state index contributed by atoms with van der Waals surface area (Å²) in [5.41, 5.74) is 6.34. The summed E-state index contributed by atoms with van der Waals surface area (Å²) in [6, 6.07) is 6.75. The Labute approximate surface area is 139 Å². The molecule has 0 saturated heterocycles. The first-order valence-electron chi connectivity index (χ1n) is 8.22. The van der Waals surface area contributed by atoms with Crippen LogP contribution >= 0.6 is 0 Å². The normalized spacial score (nSPS) is 13.5. The van der Waals surface area contributed by atoms with Crippen molar-refractivity contribution >= 4 is 11.8 Å². The number of rotatable bonds is 8. The standard InChI is InChI=1S/C18H29N3O2/c1-5-9-20-16(22)14-7-6-8-15(10-14)17(23)21-18(4,12-19)11-13(2)3/h6-8,10,13H,5,9,11-12,19H2,1-4H3,(H,20,22)(H,21,23). The molecule has 1 atom stereocenters. The number of nitrogens with one attached hydrogen (secondary N) is 2. The van der Waals surface area contributed by atoms with Gasteiger partial charge in [-0.05, 0) is 43.9 Å². The highest BCUT2D eigenvalue weighted by molar-refractivity contribution is 5.99. The molecular formula is C18H29N3O2. The van der Waals surface area contributed by atoms with Crippen molar-refractivity contribution in [3.05, 3.63) is 35.4 Å². The van der Waals surface area contributed by atoms with Crippen LogP contribution in [0.15, 0.2) is 24.3 Å². The molecule has 1 aromatic rings. The summed E-state index contributed by atoms with van der Waals surface area (Å²) in [7, 11) is 0. The van der Waals surface area contributed by atoms with Crippen LogP contribution in [0.4, 0.5) is 0 Å². The Kier molecular flexibility index (Phi) is 7.23. The molecule has 0 spiro atoms. The lowest BCUT2D eigenvalue weighted by molar-refractivity contribution is 0.0898. The summed E-state index contributed by atoms with van der Waals surface area (Å²) in [6.45, 7) is 9.12. The summed E-state index contributed by atoms with van der Waals surface area (Å²) in [5, 5.41) is 5.81. The third-order valence-electron chi connectivity index (χ3n) is 3.65. The molecule has 5 nitrogen and oxygen atoms in total. The molecule has 0 bridgehead atoms. The number of benzene rings is 1. The van der Waals surface area contributed by atoms with Gasteiger partial charge in [0.1, 0.15) is 0 Å². The first-order chi connectivity index (χ1) is 10.8. The predicted molar refractivity (Wildman–Crippen MR) is 93.4 cm³/mol. The summed E-state index contributed by atoms with van der Waals surface area (Å²) in [5.74, 6) is 0.0593. The number of hydrogen-bond donors (Lipinski definition) is 3. The molecule has 23 heavy (non-hydrogen) atoms. The Bertz CT molecular complexity index is 543. The van der Waals surface area contributed by atoms with Crippen LogP contribution in [-0.4, -0.2) is 30.4 Å². The van der Waals surface area contributed by atoms with Gasteiger partial charge in [0, 0.05) is 29.8 Å². The van der Waals surface area contributed by atoms with E-state index in [1.165, 1.54) is 0 Å². The minimum Gasteiger partial charge on any atom is -0.352 e. The van der Waals surface area contributed by atoms with Gasteiger partial charge in [0.15, 0.2) is 0 Å². The van der Waals surface area contributed by atoms with E-state index < -0.39 is 5.54 Å². The molecule has 5 heteroatoms. The van der Waals surface area contributed by atoms with Gasteiger partial charge in [0.2, 0.25) is 0 Å². The summed E-state index contributed by atoms with van der Waals surface area (Å²) in [6.07, 6.45) is 1.67. The van der Waals surface area contributed by atoms with E-state index >= 15 is 0 Å². The molecule has 0 aromatic heterocycles. The summed E-state index contributed by atoms with van der Waals surface area (Å²) in [4.78, 5) is 24.5. The SMILES string of the molecule is CCCNC(=O)c1cccc(C(=O)NC(C)(CN)CC(C)C)c1.